The number of dihydropyridines is 2. The summed E-state index contributed by atoms with van der Waals surface area (Å²) < 4.78 is 40.3. The van der Waals surface area contributed by atoms with Crippen molar-refractivity contribution < 1.29 is 23.0 Å². The molecule has 1 unspecified atom stereocenters. The summed E-state index contributed by atoms with van der Waals surface area (Å²) >= 11 is 0. The summed E-state index contributed by atoms with van der Waals surface area (Å²) in [6, 6.07) is 11.1. The van der Waals surface area contributed by atoms with Gasteiger partial charge >= 0.3 is 0 Å². The monoisotopic (exact) mass is 494 g/mol. The number of nitrogens with zero attached hydrogens (tertiary/aromatic N) is 1. The minimum absolute atomic E-state index is 0.171. The fraction of sp³-hybridized carbons (Fsp3) is 0.296. The lowest BCUT2D eigenvalue weighted by molar-refractivity contribution is -0.118. The number of carbonyl (C=O) groups excluding carboxylic acids is 1. The average molecular weight is 495 g/mol. The van der Waals surface area contributed by atoms with Gasteiger partial charge in [0.15, 0.2) is 17.4 Å². The number of ether oxygens (including phenoxy) is 2. The Kier molecular flexibility index (Phi) is 6.07. The Morgan fingerprint density at radius 3 is 2.67 bits per heavy atom. The molecule has 3 aliphatic heterocycles. The van der Waals surface area contributed by atoms with Gasteiger partial charge in [-0.1, -0.05) is 24.3 Å². The number of fused-ring (bicyclic) bond motifs is 1. The molecule has 0 saturated heterocycles. The van der Waals surface area contributed by atoms with Gasteiger partial charge in [-0.25, -0.2) is 8.78 Å². The molecule has 2 aromatic carbocycles. The Morgan fingerprint density at radius 1 is 1.17 bits per heavy atom. The quantitative estimate of drug-likeness (QED) is 0.591. The van der Waals surface area contributed by atoms with Crippen molar-refractivity contribution in [2.75, 3.05) is 27.2 Å². The zero-order valence-electron chi connectivity index (χ0n) is 20.3. The fourth-order valence-electron chi connectivity index (χ4n) is 4.88. The standard InChI is InChI=1S/C27H28F2N4O3/c1-27(36-24-19(28)8-6-9-20(24)29)25-17(11-13-31-27)23(33(2)3)18(15-30-25)26(34)32-21-12-14-35-22-10-5-4-7-16(21)22/h4-11,13,21,30-31H,12,14-15H2,1-3H3,(H,32,34)/t21-,27?/m0/s1. The number of likely N-dealkylation sites (N-methyl/N-ethyl adjacent to an activating group) is 1. The summed E-state index contributed by atoms with van der Waals surface area (Å²) in [5, 5.41) is 9.50. The molecule has 3 aliphatic rings. The lowest BCUT2D eigenvalue weighted by Gasteiger charge is -2.41. The first-order valence-corrected chi connectivity index (χ1v) is 11.8. The second kappa shape index (κ2) is 9.22. The van der Waals surface area contributed by atoms with Crippen LogP contribution in [0, 0.1) is 11.6 Å². The topological polar surface area (TPSA) is 74.9 Å². The second-order valence-electron chi connectivity index (χ2n) is 9.23. The summed E-state index contributed by atoms with van der Waals surface area (Å²) in [6.45, 7) is 2.41. The molecule has 5 rings (SSSR count). The molecule has 0 fully saturated rings. The Balaban J connectivity index is 1.49. The van der Waals surface area contributed by atoms with Crippen molar-refractivity contribution in [1.29, 1.82) is 0 Å². The molecule has 2 atom stereocenters. The summed E-state index contributed by atoms with van der Waals surface area (Å²) in [7, 11) is 3.71. The van der Waals surface area contributed by atoms with E-state index in [1.54, 1.807) is 13.1 Å². The number of para-hydroxylation sites is 2. The van der Waals surface area contributed by atoms with E-state index in [0.717, 1.165) is 23.4 Å². The van der Waals surface area contributed by atoms with Crippen LogP contribution in [0.5, 0.6) is 11.5 Å². The predicted octanol–water partition coefficient (Wildman–Crippen LogP) is 3.49. The summed E-state index contributed by atoms with van der Waals surface area (Å²) in [6.07, 6.45) is 4.13. The minimum Gasteiger partial charge on any atom is -0.493 e. The maximum Gasteiger partial charge on any atom is 0.251 e. The van der Waals surface area contributed by atoms with Crippen molar-refractivity contribution >= 4 is 5.91 Å². The second-order valence-corrected chi connectivity index (χ2v) is 9.23. The van der Waals surface area contributed by atoms with Crippen LogP contribution in [0.2, 0.25) is 0 Å². The summed E-state index contributed by atoms with van der Waals surface area (Å²) in [5.41, 5.74) is 2.17. The number of carbonyl (C=O) groups is 1. The smallest absolute Gasteiger partial charge is 0.251 e. The molecule has 0 aromatic heterocycles. The van der Waals surface area contributed by atoms with Gasteiger partial charge in [-0.3, -0.25) is 4.79 Å². The summed E-state index contributed by atoms with van der Waals surface area (Å²) in [4.78, 5) is 15.4. The van der Waals surface area contributed by atoms with Crippen LogP contribution >= 0.6 is 0 Å². The number of halogens is 2. The van der Waals surface area contributed by atoms with Crippen molar-refractivity contribution in [2.45, 2.75) is 25.1 Å². The molecule has 188 valence electrons. The molecule has 0 bridgehead atoms. The molecule has 9 heteroatoms. The third kappa shape index (κ3) is 4.14. The highest BCUT2D eigenvalue weighted by Gasteiger charge is 2.41. The highest BCUT2D eigenvalue weighted by atomic mass is 19.1. The largest absolute Gasteiger partial charge is 0.493 e. The van der Waals surface area contributed by atoms with Crippen molar-refractivity contribution in [3.05, 3.63) is 94.5 Å². The van der Waals surface area contributed by atoms with E-state index < -0.39 is 23.1 Å². The molecule has 0 aliphatic carbocycles. The first-order chi connectivity index (χ1) is 17.3. The lowest BCUT2D eigenvalue weighted by atomic mass is 9.91. The van der Waals surface area contributed by atoms with Crippen LogP contribution in [0.15, 0.2) is 77.3 Å². The van der Waals surface area contributed by atoms with Crippen LogP contribution in [-0.4, -0.2) is 43.8 Å². The maximum absolute atomic E-state index is 14.4. The molecule has 0 saturated carbocycles. The van der Waals surface area contributed by atoms with E-state index in [1.165, 1.54) is 6.07 Å². The highest BCUT2D eigenvalue weighted by Crippen LogP contribution is 2.37. The SMILES string of the molecule is CN(C)C1=C(C(=O)N[C@H]2CCOc3ccccc32)CNC2=C1C=CNC2(C)Oc1c(F)cccc1F. The molecule has 0 radical (unpaired) electrons. The first-order valence-electron chi connectivity index (χ1n) is 11.8. The predicted molar refractivity (Wildman–Crippen MR) is 131 cm³/mol. The van der Waals surface area contributed by atoms with Crippen molar-refractivity contribution in [1.82, 2.24) is 20.9 Å². The van der Waals surface area contributed by atoms with Gasteiger partial charge in [0.2, 0.25) is 5.72 Å². The van der Waals surface area contributed by atoms with Gasteiger partial charge in [-0.15, -0.1) is 0 Å². The molecular formula is C27H28F2N4O3. The molecule has 2 aromatic rings. The van der Waals surface area contributed by atoms with Gasteiger partial charge in [0.05, 0.1) is 29.6 Å². The van der Waals surface area contributed by atoms with Crippen LogP contribution in [0.4, 0.5) is 8.78 Å². The number of hydrogen-bond donors (Lipinski definition) is 3. The number of rotatable bonds is 5. The number of benzene rings is 2. The van der Waals surface area contributed by atoms with E-state index in [1.807, 2.05) is 49.3 Å². The van der Waals surface area contributed by atoms with E-state index in [-0.39, 0.29) is 18.5 Å². The Hall–Kier alpha value is -4.01. The van der Waals surface area contributed by atoms with Gasteiger partial charge in [-0.05, 0) is 24.3 Å². The molecule has 3 heterocycles. The van der Waals surface area contributed by atoms with E-state index in [9.17, 15) is 13.6 Å². The zero-order valence-corrected chi connectivity index (χ0v) is 20.3. The average Bonchev–Trinajstić information content (AvgIpc) is 2.86. The van der Waals surface area contributed by atoms with Gasteiger partial charge in [0.25, 0.3) is 5.91 Å². The van der Waals surface area contributed by atoms with E-state index in [4.69, 9.17) is 9.47 Å². The van der Waals surface area contributed by atoms with Crippen LogP contribution in [0.25, 0.3) is 0 Å². The van der Waals surface area contributed by atoms with E-state index >= 15 is 0 Å². The Labute approximate surface area is 208 Å². The molecule has 0 spiro atoms. The molecular weight excluding hydrogens is 466 g/mol. The van der Waals surface area contributed by atoms with Gasteiger partial charge in [0.1, 0.15) is 5.75 Å². The Bertz CT molecular complexity index is 1280. The molecule has 1 amide bonds. The highest BCUT2D eigenvalue weighted by molar-refractivity contribution is 5.96. The van der Waals surface area contributed by atoms with Gasteiger partial charge < -0.3 is 30.3 Å². The van der Waals surface area contributed by atoms with Crippen LogP contribution < -0.4 is 25.4 Å². The van der Waals surface area contributed by atoms with Gasteiger partial charge in [0, 0.05) is 51.3 Å². The lowest BCUT2D eigenvalue weighted by Crippen LogP contribution is -2.55. The van der Waals surface area contributed by atoms with E-state index in [2.05, 4.69) is 16.0 Å². The van der Waals surface area contributed by atoms with Crippen molar-refractivity contribution in [3.63, 3.8) is 0 Å². The summed E-state index contributed by atoms with van der Waals surface area (Å²) in [5.74, 6) is -1.50. The van der Waals surface area contributed by atoms with Gasteiger partial charge in [-0.2, -0.15) is 0 Å². The fourth-order valence-corrected chi connectivity index (χ4v) is 4.88. The number of nitrogens with one attached hydrogen (secondary N) is 3. The zero-order chi connectivity index (χ0) is 25.4. The molecule has 36 heavy (non-hydrogen) atoms. The number of hydrogen-bond acceptors (Lipinski definition) is 6. The first kappa shape index (κ1) is 23.7. The molecule has 3 N–H and O–H groups in total. The Morgan fingerprint density at radius 2 is 1.92 bits per heavy atom. The number of allylic oxidation sites excluding steroid dienone is 1. The third-order valence-corrected chi connectivity index (χ3v) is 6.55. The van der Waals surface area contributed by atoms with Crippen molar-refractivity contribution in [2.24, 2.45) is 0 Å². The van der Waals surface area contributed by atoms with Crippen LogP contribution in [0.3, 0.4) is 0 Å². The normalized spacial score (nSPS) is 22.5. The maximum atomic E-state index is 14.4. The van der Waals surface area contributed by atoms with Crippen molar-refractivity contribution in [3.8, 4) is 11.5 Å². The van der Waals surface area contributed by atoms with Crippen LogP contribution in [0.1, 0.15) is 24.9 Å². The third-order valence-electron chi connectivity index (χ3n) is 6.55. The van der Waals surface area contributed by atoms with E-state index in [0.29, 0.717) is 35.6 Å². The molecule has 7 nitrogen and oxygen atoms in total. The van der Waals surface area contributed by atoms with Crippen LogP contribution in [-0.2, 0) is 4.79 Å². The number of amides is 1. The minimum atomic E-state index is -1.30.